The van der Waals surface area contributed by atoms with Gasteiger partial charge in [-0.2, -0.15) is 0 Å². The minimum atomic E-state index is -0.249. The van der Waals surface area contributed by atoms with E-state index in [4.69, 9.17) is 4.42 Å². The molecule has 0 aliphatic heterocycles. The second-order valence-corrected chi connectivity index (χ2v) is 2.73. The fraction of sp³-hybridized carbons (Fsp3) is 0.300. The normalized spacial score (nSPS) is 10.9. The van der Waals surface area contributed by atoms with Crippen LogP contribution in [0.25, 0.3) is 6.08 Å². The highest BCUT2D eigenvalue weighted by Gasteiger charge is 2.00. The molecule has 0 bridgehead atoms. The first kappa shape index (κ1) is 8.78. The molecule has 0 atom stereocenters. The van der Waals surface area contributed by atoms with E-state index < -0.39 is 0 Å². The Bertz CT molecular complexity index is 359. The summed E-state index contributed by atoms with van der Waals surface area (Å²) < 4.78 is 4.98. The molecular weight excluding hydrogens is 152 g/mol. The van der Waals surface area contributed by atoms with Crippen molar-refractivity contribution in [1.29, 1.82) is 0 Å². The predicted octanol–water partition coefficient (Wildman–Crippen LogP) is 2.29. The van der Waals surface area contributed by atoms with Crippen molar-refractivity contribution in [2.24, 2.45) is 0 Å². The van der Waals surface area contributed by atoms with E-state index in [2.05, 4.69) is 0 Å². The Balaban J connectivity index is 3.32. The molecule has 0 spiro atoms. The monoisotopic (exact) mass is 164 g/mol. The third-order valence-electron chi connectivity index (χ3n) is 1.69. The van der Waals surface area contributed by atoms with E-state index in [1.807, 2.05) is 25.1 Å². The van der Waals surface area contributed by atoms with Gasteiger partial charge in [0.25, 0.3) is 0 Å². The van der Waals surface area contributed by atoms with Gasteiger partial charge in [0.05, 0.1) is 0 Å². The van der Waals surface area contributed by atoms with Crippen molar-refractivity contribution < 1.29 is 4.42 Å². The minimum Gasteiger partial charge on any atom is -0.427 e. The fourth-order valence-electron chi connectivity index (χ4n) is 1.02. The van der Waals surface area contributed by atoms with Crippen LogP contribution in [0.5, 0.6) is 0 Å². The van der Waals surface area contributed by atoms with Gasteiger partial charge in [-0.15, -0.1) is 0 Å². The van der Waals surface area contributed by atoms with Crippen LogP contribution in [0, 0.1) is 13.8 Å². The second kappa shape index (κ2) is 3.39. The van der Waals surface area contributed by atoms with Gasteiger partial charge in [0.1, 0.15) is 5.76 Å². The van der Waals surface area contributed by atoms with E-state index in [1.54, 1.807) is 13.8 Å². The zero-order chi connectivity index (χ0) is 9.14. The van der Waals surface area contributed by atoms with E-state index >= 15 is 0 Å². The van der Waals surface area contributed by atoms with Crippen LogP contribution in [0.1, 0.15) is 23.8 Å². The molecule has 12 heavy (non-hydrogen) atoms. The first-order chi connectivity index (χ1) is 5.65. The van der Waals surface area contributed by atoms with Gasteiger partial charge >= 0.3 is 5.63 Å². The Morgan fingerprint density at radius 2 is 2.08 bits per heavy atom. The largest absolute Gasteiger partial charge is 0.427 e. The Labute approximate surface area is 71.5 Å². The number of allylic oxidation sites excluding steroid dienone is 1. The summed E-state index contributed by atoms with van der Waals surface area (Å²) in [5, 5.41) is 0. The lowest BCUT2D eigenvalue weighted by atomic mass is 10.1. The molecule has 0 fully saturated rings. The van der Waals surface area contributed by atoms with Crippen LogP contribution in [0.15, 0.2) is 21.4 Å². The smallest absolute Gasteiger partial charge is 0.338 e. The standard InChI is InChI=1S/C10H12O2/c1-4-5-9-6-7(2)10(11)12-8(9)3/h4-6H,1-3H3/b5-4-. The molecule has 2 heteroatoms. The quantitative estimate of drug-likeness (QED) is 0.637. The Hall–Kier alpha value is -1.31. The van der Waals surface area contributed by atoms with E-state index in [9.17, 15) is 4.79 Å². The van der Waals surface area contributed by atoms with Gasteiger partial charge in [0.15, 0.2) is 0 Å². The molecular formula is C10H12O2. The van der Waals surface area contributed by atoms with E-state index in [-0.39, 0.29) is 5.63 Å². The zero-order valence-electron chi connectivity index (χ0n) is 7.55. The van der Waals surface area contributed by atoms with Crippen LogP contribution >= 0.6 is 0 Å². The molecule has 0 aliphatic carbocycles. The second-order valence-electron chi connectivity index (χ2n) is 2.73. The summed E-state index contributed by atoms with van der Waals surface area (Å²) in [6.45, 7) is 5.47. The first-order valence-electron chi connectivity index (χ1n) is 3.89. The highest BCUT2D eigenvalue weighted by molar-refractivity contribution is 5.50. The number of rotatable bonds is 1. The Morgan fingerprint density at radius 1 is 1.42 bits per heavy atom. The van der Waals surface area contributed by atoms with Crippen LogP contribution in [-0.4, -0.2) is 0 Å². The highest BCUT2D eigenvalue weighted by Crippen LogP contribution is 2.08. The van der Waals surface area contributed by atoms with Gasteiger partial charge in [-0.1, -0.05) is 12.2 Å². The van der Waals surface area contributed by atoms with Gasteiger partial charge in [0, 0.05) is 11.1 Å². The molecule has 0 aromatic carbocycles. The molecule has 0 unspecified atom stereocenters. The fourth-order valence-corrected chi connectivity index (χ4v) is 1.02. The molecule has 1 aromatic heterocycles. The average Bonchev–Trinajstić information content (AvgIpc) is 2.01. The molecule has 64 valence electrons. The van der Waals surface area contributed by atoms with Crippen molar-refractivity contribution in [2.45, 2.75) is 20.8 Å². The summed E-state index contributed by atoms with van der Waals surface area (Å²) in [5.74, 6) is 0.670. The van der Waals surface area contributed by atoms with Crippen molar-refractivity contribution in [3.8, 4) is 0 Å². The average molecular weight is 164 g/mol. The summed E-state index contributed by atoms with van der Waals surface area (Å²) in [6.07, 6.45) is 3.84. The van der Waals surface area contributed by atoms with Crippen LogP contribution in [0.4, 0.5) is 0 Å². The van der Waals surface area contributed by atoms with Gasteiger partial charge in [-0.3, -0.25) is 0 Å². The van der Waals surface area contributed by atoms with Gasteiger partial charge in [0.2, 0.25) is 0 Å². The highest BCUT2D eigenvalue weighted by atomic mass is 16.4. The van der Waals surface area contributed by atoms with Crippen LogP contribution < -0.4 is 5.63 Å². The lowest BCUT2D eigenvalue weighted by Crippen LogP contribution is -2.04. The lowest BCUT2D eigenvalue weighted by molar-refractivity contribution is 0.474. The van der Waals surface area contributed by atoms with Crippen LogP contribution in [0.3, 0.4) is 0 Å². The molecule has 0 amide bonds. The van der Waals surface area contributed by atoms with Crippen molar-refractivity contribution >= 4 is 6.08 Å². The lowest BCUT2D eigenvalue weighted by Gasteiger charge is -1.98. The number of hydrogen-bond donors (Lipinski definition) is 0. The summed E-state index contributed by atoms with van der Waals surface area (Å²) in [4.78, 5) is 11.0. The molecule has 2 nitrogen and oxygen atoms in total. The van der Waals surface area contributed by atoms with E-state index in [1.165, 1.54) is 0 Å². The first-order valence-corrected chi connectivity index (χ1v) is 3.89. The van der Waals surface area contributed by atoms with Gasteiger partial charge in [-0.05, 0) is 26.8 Å². The van der Waals surface area contributed by atoms with Crippen LogP contribution in [-0.2, 0) is 0 Å². The van der Waals surface area contributed by atoms with Crippen molar-refractivity contribution in [1.82, 2.24) is 0 Å². The van der Waals surface area contributed by atoms with Crippen molar-refractivity contribution in [3.05, 3.63) is 39.4 Å². The molecule has 0 radical (unpaired) electrons. The van der Waals surface area contributed by atoms with Gasteiger partial charge in [-0.25, -0.2) is 4.79 Å². The SMILES string of the molecule is C/C=C\c1cc(C)c(=O)oc1C. The van der Waals surface area contributed by atoms with E-state index in [0.29, 0.717) is 11.3 Å². The molecule has 0 saturated carbocycles. The zero-order valence-corrected chi connectivity index (χ0v) is 7.55. The summed E-state index contributed by atoms with van der Waals surface area (Å²) in [6, 6.07) is 1.83. The predicted molar refractivity (Wildman–Crippen MR) is 49.2 cm³/mol. The molecule has 1 heterocycles. The molecule has 0 N–H and O–H groups in total. The number of aryl methyl sites for hydroxylation is 2. The summed E-state index contributed by atoms with van der Waals surface area (Å²) >= 11 is 0. The maximum absolute atomic E-state index is 11.0. The Kier molecular flexibility index (Phi) is 2.48. The molecule has 1 aromatic rings. The van der Waals surface area contributed by atoms with E-state index in [0.717, 1.165) is 5.56 Å². The van der Waals surface area contributed by atoms with Crippen molar-refractivity contribution in [2.75, 3.05) is 0 Å². The maximum Gasteiger partial charge on any atom is 0.338 e. The topological polar surface area (TPSA) is 30.2 Å². The van der Waals surface area contributed by atoms with Crippen LogP contribution in [0.2, 0.25) is 0 Å². The Morgan fingerprint density at radius 3 is 2.67 bits per heavy atom. The van der Waals surface area contributed by atoms with Crippen molar-refractivity contribution in [3.63, 3.8) is 0 Å². The van der Waals surface area contributed by atoms with Gasteiger partial charge < -0.3 is 4.42 Å². The third-order valence-corrected chi connectivity index (χ3v) is 1.69. The minimum absolute atomic E-state index is 0.249. The summed E-state index contributed by atoms with van der Waals surface area (Å²) in [5.41, 5.74) is 1.36. The molecule has 0 aliphatic rings. The molecule has 1 rings (SSSR count). The summed E-state index contributed by atoms with van der Waals surface area (Å²) in [7, 11) is 0. The number of hydrogen-bond acceptors (Lipinski definition) is 2. The maximum atomic E-state index is 11.0. The molecule has 0 saturated heterocycles. The third kappa shape index (κ3) is 1.64.